The average Bonchev–Trinajstić information content (AvgIpc) is 2.77. The van der Waals surface area contributed by atoms with Gasteiger partial charge in [-0.15, -0.1) is 0 Å². The largest absolute Gasteiger partial charge is 0.497 e. The maximum absolute atomic E-state index is 10.9. The molecular formula is C22H26N2O5. The molecule has 29 heavy (non-hydrogen) atoms. The zero-order valence-electron chi connectivity index (χ0n) is 16.5. The molecule has 1 heterocycles. The molecule has 0 bridgehead atoms. The van der Waals surface area contributed by atoms with Crippen molar-refractivity contribution in [1.82, 2.24) is 4.90 Å². The van der Waals surface area contributed by atoms with Crippen molar-refractivity contribution < 1.29 is 24.2 Å². The van der Waals surface area contributed by atoms with Gasteiger partial charge in [0, 0.05) is 24.2 Å². The van der Waals surface area contributed by atoms with Gasteiger partial charge in [0.2, 0.25) is 0 Å². The summed E-state index contributed by atoms with van der Waals surface area (Å²) in [7, 11) is 1.63. The van der Waals surface area contributed by atoms with Gasteiger partial charge in [-0.1, -0.05) is 35.5 Å². The van der Waals surface area contributed by atoms with Crippen LogP contribution in [-0.4, -0.2) is 61.3 Å². The second-order valence-corrected chi connectivity index (χ2v) is 6.71. The second-order valence-electron chi connectivity index (χ2n) is 6.71. The van der Waals surface area contributed by atoms with E-state index >= 15 is 0 Å². The summed E-state index contributed by atoms with van der Waals surface area (Å²) in [6, 6.07) is 17.5. The van der Waals surface area contributed by atoms with Crippen LogP contribution in [0.4, 0.5) is 4.79 Å². The van der Waals surface area contributed by atoms with Gasteiger partial charge in [0.05, 0.1) is 19.8 Å². The van der Waals surface area contributed by atoms with Crippen LogP contribution >= 0.6 is 0 Å². The number of hydrogen-bond donors (Lipinski definition) is 1. The number of nitrogens with zero attached hydrogens (tertiary/aromatic N) is 2. The Kier molecular flexibility index (Phi) is 7.47. The molecule has 0 atom stereocenters. The van der Waals surface area contributed by atoms with Gasteiger partial charge in [-0.25, -0.2) is 4.79 Å². The fraction of sp³-hybridized carbons (Fsp3) is 0.364. The Balaban J connectivity index is 1.54. The molecule has 0 spiro atoms. The fourth-order valence-electron chi connectivity index (χ4n) is 3.19. The maximum atomic E-state index is 10.9. The van der Waals surface area contributed by atoms with E-state index in [2.05, 4.69) is 5.16 Å². The molecule has 0 aromatic heterocycles. The number of ether oxygens (including phenoxy) is 2. The second kappa shape index (κ2) is 10.5. The average molecular weight is 398 g/mol. The number of carboxylic acid groups (broad SMARTS) is 1. The molecule has 1 fully saturated rings. The molecule has 1 saturated heterocycles. The molecular weight excluding hydrogens is 372 g/mol. The van der Waals surface area contributed by atoms with Crippen molar-refractivity contribution in [1.29, 1.82) is 0 Å². The number of oxime groups is 1. The van der Waals surface area contributed by atoms with Crippen LogP contribution < -0.4 is 4.74 Å². The zero-order valence-corrected chi connectivity index (χ0v) is 16.5. The van der Waals surface area contributed by atoms with Crippen molar-refractivity contribution in [3.63, 3.8) is 0 Å². The maximum Gasteiger partial charge on any atom is 0.407 e. The van der Waals surface area contributed by atoms with Crippen molar-refractivity contribution in [2.24, 2.45) is 5.16 Å². The molecule has 7 heteroatoms. The first-order valence-electron chi connectivity index (χ1n) is 9.66. The van der Waals surface area contributed by atoms with E-state index < -0.39 is 6.09 Å². The molecule has 3 rings (SSSR count). The van der Waals surface area contributed by atoms with Crippen molar-refractivity contribution in [2.75, 3.05) is 33.4 Å². The van der Waals surface area contributed by atoms with Gasteiger partial charge in [0.15, 0.2) is 0 Å². The van der Waals surface area contributed by atoms with E-state index in [9.17, 15) is 4.79 Å². The molecule has 0 aliphatic carbocycles. The van der Waals surface area contributed by atoms with Gasteiger partial charge >= 0.3 is 6.09 Å². The number of carbonyl (C=O) groups is 1. The highest BCUT2D eigenvalue weighted by Crippen LogP contribution is 2.17. The minimum atomic E-state index is -0.868. The van der Waals surface area contributed by atoms with Crippen LogP contribution in [-0.2, 0) is 9.57 Å². The predicted molar refractivity (Wildman–Crippen MR) is 110 cm³/mol. The van der Waals surface area contributed by atoms with Gasteiger partial charge < -0.3 is 24.3 Å². The first kappa shape index (κ1) is 20.7. The molecule has 0 radical (unpaired) electrons. The molecule has 0 unspecified atom stereocenters. The van der Waals surface area contributed by atoms with Crippen LogP contribution in [0.25, 0.3) is 0 Å². The number of benzene rings is 2. The van der Waals surface area contributed by atoms with Gasteiger partial charge in [-0.3, -0.25) is 0 Å². The topological polar surface area (TPSA) is 80.6 Å². The molecule has 0 saturated carbocycles. The van der Waals surface area contributed by atoms with Crippen LogP contribution in [0.3, 0.4) is 0 Å². The van der Waals surface area contributed by atoms with E-state index in [1.54, 1.807) is 7.11 Å². The molecule has 1 aliphatic heterocycles. The fourth-order valence-corrected chi connectivity index (χ4v) is 3.19. The molecule has 154 valence electrons. The van der Waals surface area contributed by atoms with Crippen LogP contribution in [0.15, 0.2) is 59.8 Å². The molecule has 2 aromatic carbocycles. The molecule has 1 amide bonds. The highest BCUT2D eigenvalue weighted by Gasteiger charge is 2.22. The highest BCUT2D eigenvalue weighted by atomic mass is 16.6. The van der Waals surface area contributed by atoms with Crippen LogP contribution in [0.2, 0.25) is 0 Å². The SMILES string of the molecule is COc1ccc(C(=NOCCOC2CCN(C(=O)O)CC2)c2ccccc2)cc1. The summed E-state index contributed by atoms with van der Waals surface area (Å²) in [6.07, 6.45) is 0.606. The Morgan fingerprint density at radius 3 is 2.31 bits per heavy atom. The predicted octanol–water partition coefficient (Wildman–Crippen LogP) is 3.62. The summed E-state index contributed by atoms with van der Waals surface area (Å²) in [5.74, 6) is 0.782. The quantitative estimate of drug-likeness (QED) is 0.417. The lowest BCUT2D eigenvalue weighted by Crippen LogP contribution is -2.40. The zero-order chi connectivity index (χ0) is 20.5. The van der Waals surface area contributed by atoms with E-state index in [1.807, 2.05) is 54.6 Å². The number of likely N-dealkylation sites (tertiary alicyclic amines) is 1. The third-order valence-electron chi connectivity index (χ3n) is 4.81. The Morgan fingerprint density at radius 1 is 1.03 bits per heavy atom. The molecule has 1 N–H and O–H groups in total. The van der Waals surface area contributed by atoms with Crippen LogP contribution in [0.5, 0.6) is 5.75 Å². The number of amides is 1. The van der Waals surface area contributed by atoms with Gasteiger partial charge in [0.1, 0.15) is 18.1 Å². The lowest BCUT2D eigenvalue weighted by atomic mass is 10.0. The first-order chi connectivity index (χ1) is 14.2. The Hall–Kier alpha value is -3.06. The summed E-state index contributed by atoms with van der Waals surface area (Å²) >= 11 is 0. The minimum absolute atomic E-state index is 0.0633. The lowest BCUT2D eigenvalue weighted by molar-refractivity contribution is -0.0192. The molecule has 1 aliphatic rings. The summed E-state index contributed by atoms with van der Waals surface area (Å²) < 4.78 is 11.0. The number of piperidine rings is 1. The third-order valence-corrected chi connectivity index (χ3v) is 4.81. The minimum Gasteiger partial charge on any atom is -0.497 e. The first-order valence-corrected chi connectivity index (χ1v) is 9.66. The van der Waals surface area contributed by atoms with E-state index in [1.165, 1.54) is 4.90 Å². The lowest BCUT2D eigenvalue weighted by Gasteiger charge is -2.29. The van der Waals surface area contributed by atoms with Crippen molar-refractivity contribution in [2.45, 2.75) is 18.9 Å². The Labute approximate surface area is 170 Å². The third kappa shape index (κ3) is 5.96. The number of methoxy groups -OCH3 is 1. The summed E-state index contributed by atoms with van der Waals surface area (Å²) in [6.45, 7) is 1.75. The Morgan fingerprint density at radius 2 is 1.69 bits per heavy atom. The monoisotopic (exact) mass is 398 g/mol. The van der Waals surface area contributed by atoms with Crippen LogP contribution in [0.1, 0.15) is 24.0 Å². The summed E-state index contributed by atoms with van der Waals surface area (Å²) in [5, 5.41) is 13.3. The van der Waals surface area contributed by atoms with Gasteiger partial charge in [-0.05, 0) is 37.1 Å². The van der Waals surface area contributed by atoms with Crippen LogP contribution in [0, 0.1) is 0 Å². The normalized spacial score (nSPS) is 15.2. The molecule has 7 nitrogen and oxygen atoms in total. The van der Waals surface area contributed by atoms with E-state index in [0.717, 1.165) is 22.6 Å². The van der Waals surface area contributed by atoms with E-state index in [4.69, 9.17) is 19.4 Å². The van der Waals surface area contributed by atoms with E-state index in [-0.39, 0.29) is 6.10 Å². The standard InChI is InChI=1S/C22H26N2O5/c1-27-19-9-7-18(8-10-19)21(17-5-3-2-4-6-17)23-29-16-15-28-20-11-13-24(14-12-20)22(25)26/h2-10,20H,11-16H2,1H3,(H,25,26). The van der Waals surface area contributed by atoms with Crippen molar-refractivity contribution in [3.05, 3.63) is 65.7 Å². The van der Waals surface area contributed by atoms with Crippen molar-refractivity contribution >= 4 is 11.8 Å². The van der Waals surface area contributed by atoms with Gasteiger partial charge in [0.25, 0.3) is 0 Å². The number of hydrogen-bond acceptors (Lipinski definition) is 5. The summed E-state index contributed by atoms with van der Waals surface area (Å²) in [5.41, 5.74) is 2.63. The molecule has 2 aromatic rings. The Bertz CT molecular complexity index is 800. The summed E-state index contributed by atoms with van der Waals surface area (Å²) in [4.78, 5) is 17.9. The van der Waals surface area contributed by atoms with Crippen molar-refractivity contribution in [3.8, 4) is 5.75 Å². The smallest absolute Gasteiger partial charge is 0.407 e. The number of rotatable bonds is 8. The highest BCUT2D eigenvalue weighted by molar-refractivity contribution is 6.12. The van der Waals surface area contributed by atoms with E-state index in [0.29, 0.717) is 39.1 Å². The van der Waals surface area contributed by atoms with Gasteiger partial charge in [-0.2, -0.15) is 0 Å².